The average Bonchev–Trinajstić information content (AvgIpc) is 3.60. The highest BCUT2D eigenvalue weighted by Crippen LogP contribution is 2.33. The number of nitrogens with one attached hydrogen (secondary N) is 2. The predicted molar refractivity (Wildman–Crippen MR) is 113 cm³/mol. The maximum absolute atomic E-state index is 14.1. The van der Waals surface area contributed by atoms with E-state index >= 15 is 0 Å². The van der Waals surface area contributed by atoms with Gasteiger partial charge in [0.05, 0.1) is 11.4 Å². The Bertz CT molecular complexity index is 1510. The minimum absolute atomic E-state index is 0.0896. The second-order valence-corrected chi connectivity index (χ2v) is 8.74. The number of H-pyrrole nitrogens is 2. The van der Waals surface area contributed by atoms with Crippen molar-refractivity contribution in [3.05, 3.63) is 116 Å². The zero-order valence-electron chi connectivity index (χ0n) is 19.4. The van der Waals surface area contributed by atoms with Crippen molar-refractivity contribution < 1.29 is 53.5 Å². The summed E-state index contributed by atoms with van der Waals surface area (Å²) in [6, 6.07) is 4.40. The van der Waals surface area contributed by atoms with Crippen molar-refractivity contribution in [3.63, 3.8) is 0 Å². The lowest BCUT2D eigenvalue weighted by molar-refractivity contribution is 0.101. The number of ketones is 2. The van der Waals surface area contributed by atoms with E-state index in [9.17, 15) is 53.5 Å². The van der Waals surface area contributed by atoms with Gasteiger partial charge in [0.1, 0.15) is 11.1 Å². The molecule has 4 nitrogen and oxygen atoms in total. The fraction of sp³-hybridized carbons (Fsp3) is 0.120. The summed E-state index contributed by atoms with van der Waals surface area (Å²) in [4.78, 5) is 30.2. The van der Waals surface area contributed by atoms with Crippen LogP contribution in [-0.2, 0) is 5.41 Å². The maximum Gasteiger partial charge on any atom is 0.215 e. The first-order valence-corrected chi connectivity index (χ1v) is 10.6. The topological polar surface area (TPSA) is 65.7 Å². The Morgan fingerprint density at radius 2 is 0.744 bits per heavy atom. The molecule has 0 bridgehead atoms. The second-order valence-electron chi connectivity index (χ2n) is 8.74. The maximum atomic E-state index is 14.1. The van der Waals surface area contributed by atoms with Crippen molar-refractivity contribution in [1.82, 2.24) is 9.97 Å². The Labute approximate surface area is 211 Å². The molecule has 2 N–H and O–H groups in total. The highest BCUT2D eigenvalue weighted by molar-refractivity contribution is 6.09. The molecule has 0 aliphatic heterocycles. The third-order valence-corrected chi connectivity index (χ3v) is 6.08. The smallest absolute Gasteiger partial charge is 0.215 e. The highest BCUT2D eigenvalue weighted by Gasteiger charge is 2.34. The van der Waals surface area contributed by atoms with Crippen molar-refractivity contribution >= 4 is 11.6 Å². The first kappa shape index (κ1) is 27.7. The van der Waals surface area contributed by atoms with Crippen molar-refractivity contribution in [2.45, 2.75) is 19.3 Å². The molecule has 0 aliphatic carbocycles. The molecule has 0 atom stereocenters. The summed E-state index contributed by atoms with van der Waals surface area (Å²) in [5.74, 6) is -26.7. The molecule has 0 aliphatic rings. The van der Waals surface area contributed by atoms with Crippen LogP contribution in [0.3, 0.4) is 0 Å². The zero-order valence-corrected chi connectivity index (χ0v) is 19.4. The number of aromatic amines is 2. The molecule has 0 unspecified atom stereocenters. The molecule has 0 fully saturated rings. The summed E-state index contributed by atoms with van der Waals surface area (Å²) < 4.78 is 137. The van der Waals surface area contributed by atoms with Gasteiger partial charge in [-0.15, -0.1) is 0 Å². The molecule has 14 heteroatoms. The minimum Gasteiger partial charge on any atom is -0.355 e. The predicted octanol–water partition coefficient (Wildman–Crippen LogP) is 6.52. The van der Waals surface area contributed by atoms with Gasteiger partial charge < -0.3 is 9.97 Å². The molecule has 0 amide bonds. The van der Waals surface area contributed by atoms with E-state index < -0.39 is 97.7 Å². The van der Waals surface area contributed by atoms with Gasteiger partial charge in [0.25, 0.3) is 0 Å². The fourth-order valence-corrected chi connectivity index (χ4v) is 3.81. The molecule has 39 heavy (non-hydrogen) atoms. The SMILES string of the molecule is CC(C)(c1ccc(C(=O)c2c(F)c(F)c(F)c(F)c2F)[nH]1)c1ccc(C(=O)c2c(F)c(F)c(F)c(F)c2F)[nH]1. The normalized spacial score (nSPS) is 11.8. The van der Waals surface area contributed by atoms with Crippen LogP contribution in [0.1, 0.15) is 57.3 Å². The number of rotatable bonds is 6. The molecular formula is C25H12F10N2O2. The van der Waals surface area contributed by atoms with Crippen LogP contribution in [0.4, 0.5) is 43.9 Å². The molecule has 2 aromatic heterocycles. The van der Waals surface area contributed by atoms with Crippen LogP contribution in [0, 0.1) is 58.2 Å². The van der Waals surface area contributed by atoms with Gasteiger partial charge >= 0.3 is 0 Å². The Balaban J connectivity index is 1.69. The molecule has 2 aromatic carbocycles. The van der Waals surface area contributed by atoms with E-state index in [0.717, 1.165) is 12.1 Å². The van der Waals surface area contributed by atoms with Crippen LogP contribution in [-0.4, -0.2) is 21.5 Å². The van der Waals surface area contributed by atoms with Crippen LogP contribution in [0.2, 0.25) is 0 Å². The molecular weight excluding hydrogens is 550 g/mol. The standard InChI is InChI=1S/C25H12F10N2O2/c1-25(2,9-5-3-7(36-9)23(38)11-13(26)17(30)21(34)18(31)14(11)27)10-6-4-8(37-10)24(39)12-15(28)19(32)22(35)20(33)16(12)29/h3-6,36-37H,1-2H3. The molecule has 2 heterocycles. The third kappa shape index (κ3) is 4.19. The van der Waals surface area contributed by atoms with Gasteiger partial charge in [-0.3, -0.25) is 9.59 Å². The molecule has 0 saturated carbocycles. The van der Waals surface area contributed by atoms with Crippen molar-refractivity contribution in [2.24, 2.45) is 0 Å². The van der Waals surface area contributed by atoms with E-state index in [2.05, 4.69) is 9.97 Å². The lowest BCUT2D eigenvalue weighted by Gasteiger charge is -2.22. The fourth-order valence-electron chi connectivity index (χ4n) is 3.81. The molecule has 0 radical (unpaired) electrons. The quantitative estimate of drug-likeness (QED) is 0.122. The van der Waals surface area contributed by atoms with E-state index in [1.807, 2.05) is 0 Å². The molecule has 0 spiro atoms. The number of aromatic nitrogens is 2. The lowest BCUT2D eigenvalue weighted by atomic mass is 9.86. The largest absolute Gasteiger partial charge is 0.355 e. The van der Waals surface area contributed by atoms with Gasteiger partial charge in [0.2, 0.25) is 23.2 Å². The Hall–Kier alpha value is -4.36. The van der Waals surface area contributed by atoms with E-state index in [1.54, 1.807) is 0 Å². The molecule has 0 saturated heterocycles. The summed E-state index contributed by atoms with van der Waals surface area (Å²) in [7, 11) is 0. The van der Waals surface area contributed by atoms with E-state index in [4.69, 9.17) is 0 Å². The number of benzene rings is 2. The van der Waals surface area contributed by atoms with Crippen LogP contribution < -0.4 is 0 Å². The number of carbonyl (C=O) groups excluding carboxylic acids is 2. The van der Waals surface area contributed by atoms with Gasteiger partial charge in [-0.2, -0.15) is 0 Å². The first-order valence-electron chi connectivity index (χ1n) is 10.6. The second kappa shape index (κ2) is 9.43. The Kier molecular flexibility index (Phi) is 6.69. The summed E-state index contributed by atoms with van der Waals surface area (Å²) in [6.45, 7) is 2.92. The van der Waals surface area contributed by atoms with Crippen molar-refractivity contribution in [1.29, 1.82) is 0 Å². The van der Waals surface area contributed by atoms with Gasteiger partial charge in [0.15, 0.2) is 46.5 Å². The van der Waals surface area contributed by atoms with Gasteiger partial charge in [0, 0.05) is 16.8 Å². The lowest BCUT2D eigenvalue weighted by Crippen LogP contribution is -2.21. The van der Waals surface area contributed by atoms with E-state index in [0.29, 0.717) is 0 Å². The van der Waals surface area contributed by atoms with E-state index in [-0.39, 0.29) is 11.4 Å². The monoisotopic (exact) mass is 562 g/mol. The van der Waals surface area contributed by atoms with Crippen molar-refractivity contribution in [2.75, 3.05) is 0 Å². The molecule has 204 valence electrons. The number of carbonyl (C=O) groups is 2. The molecule has 4 rings (SSSR count). The highest BCUT2D eigenvalue weighted by atomic mass is 19.2. The average molecular weight is 562 g/mol. The van der Waals surface area contributed by atoms with Gasteiger partial charge in [-0.25, -0.2) is 43.9 Å². The summed E-state index contributed by atoms with van der Waals surface area (Å²) in [5.41, 5.74) is -5.64. The number of halogens is 10. The Morgan fingerprint density at radius 3 is 1.03 bits per heavy atom. The van der Waals surface area contributed by atoms with Crippen LogP contribution in [0.25, 0.3) is 0 Å². The Morgan fingerprint density at radius 1 is 0.487 bits per heavy atom. The van der Waals surface area contributed by atoms with E-state index in [1.165, 1.54) is 26.0 Å². The van der Waals surface area contributed by atoms with Crippen LogP contribution in [0.5, 0.6) is 0 Å². The van der Waals surface area contributed by atoms with Gasteiger partial charge in [-0.1, -0.05) is 0 Å². The zero-order chi connectivity index (χ0) is 29.1. The summed E-state index contributed by atoms with van der Waals surface area (Å²) in [5, 5.41) is 0. The molecule has 4 aromatic rings. The van der Waals surface area contributed by atoms with Crippen LogP contribution in [0.15, 0.2) is 24.3 Å². The van der Waals surface area contributed by atoms with Gasteiger partial charge in [-0.05, 0) is 38.1 Å². The van der Waals surface area contributed by atoms with Crippen LogP contribution >= 0.6 is 0 Å². The summed E-state index contributed by atoms with van der Waals surface area (Å²) in [6.07, 6.45) is 0. The number of hydrogen-bond acceptors (Lipinski definition) is 2. The van der Waals surface area contributed by atoms with Crippen molar-refractivity contribution in [3.8, 4) is 0 Å². The third-order valence-electron chi connectivity index (χ3n) is 6.08. The minimum atomic E-state index is -2.45. The first-order chi connectivity index (χ1) is 18.1. The summed E-state index contributed by atoms with van der Waals surface area (Å²) >= 11 is 0. The number of hydrogen-bond donors (Lipinski definition) is 2.